The molecule has 3 amide bonds. The van der Waals surface area contributed by atoms with Gasteiger partial charge in [-0.15, -0.1) is 0 Å². The zero-order chi connectivity index (χ0) is 23.8. The lowest BCUT2D eigenvalue weighted by molar-refractivity contribution is -0.133. The van der Waals surface area contributed by atoms with Crippen LogP contribution in [0.3, 0.4) is 0 Å². The third kappa shape index (κ3) is 4.07. The predicted octanol–water partition coefficient (Wildman–Crippen LogP) is 3.68. The van der Waals surface area contributed by atoms with Gasteiger partial charge in [-0.3, -0.25) is 14.4 Å². The minimum Gasteiger partial charge on any atom is -0.497 e. The summed E-state index contributed by atoms with van der Waals surface area (Å²) in [4.78, 5) is 41.3. The van der Waals surface area contributed by atoms with Crippen LogP contribution in [0.4, 0.5) is 5.69 Å². The van der Waals surface area contributed by atoms with Gasteiger partial charge in [-0.25, -0.2) is 0 Å². The summed E-state index contributed by atoms with van der Waals surface area (Å²) in [5, 5.41) is 6.81. The van der Waals surface area contributed by atoms with Crippen molar-refractivity contribution < 1.29 is 19.1 Å². The second-order valence-corrected chi connectivity index (χ2v) is 9.41. The fraction of sp³-hybridized carbons (Fsp3) is 0.560. The Hall–Kier alpha value is -3.03. The van der Waals surface area contributed by atoms with Gasteiger partial charge in [0.05, 0.1) is 24.9 Å². The van der Waals surface area contributed by atoms with Crippen LogP contribution >= 0.6 is 0 Å². The van der Waals surface area contributed by atoms with Crippen molar-refractivity contribution in [3.63, 3.8) is 0 Å². The molecule has 1 aromatic carbocycles. The van der Waals surface area contributed by atoms with Crippen LogP contribution in [0, 0.1) is 0 Å². The number of benzene rings is 1. The standard InChI is InChI=1S/C25H34N4O4/c1-5-6-13-29-23(31)22-21(26-16(2)30)19-14-18(33-4)11-12-20(19)28(22)15-25(29,3)24(32)27-17-9-7-8-10-17/h11-12,14,17H,5-10,13,15H2,1-4H3,(H,26,30)(H,27,32). The molecule has 2 N–H and O–H groups in total. The topological polar surface area (TPSA) is 92.7 Å². The van der Waals surface area contributed by atoms with E-state index in [-0.39, 0.29) is 23.8 Å². The maximum atomic E-state index is 13.9. The molecule has 2 aromatic rings. The molecule has 1 aliphatic carbocycles. The lowest BCUT2D eigenvalue weighted by Gasteiger charge is -2.44. The summed E-state index contributed by atoms with van der Waals surface area (Å²) in [6.07, 6.45) is 5.90. The summed E-state index contributed by atoms with van der Waals surface area (Å²) in [5.74, 6) is 0.0287. The van der Waals surface area contributed by atoms with Gasteiger partial charge in [0.25, 0.3) is 5.91 Å². The molecule has 4 rings (SSSR count). The van der Waals surface area contributed by atoms with E-state index in [0.29, 0.717) is 30.2 Å². The van der Waals surface area contributed by atoms with E-state index in [4.69, 9.17) is 4.74 Å². The maximum Gasteiger partial charge on any atom is 0.273 e. The summed E-state index contributed by atoms with van der Waals surface area (Å²) in [6, 6.07) is 5.70. The third-order valence-corrected chi connectivity index (χ3v) is 7.00. The van der Waals surface area contributed by atoms with Crippen LogP contribution in [0.5, 0.6) is 5.75 Å². The minimum atomic E-state index is -1.03. The van der Waals surface area contributed by atoms with Crippen molar-refractivity contribution in [3.8, 4) is 5.75 Å². The molecule has 8 nitrogen and oxygen atoms in total. The summed E-state index contributed by atoms with van der Waals surface area (Å²) in [7, 11) is 1.58. The number of unbranched alkanes of at least 4 members (excludes halogenated alkanes) is 1. The van der Waals surface area contributed by atoms with Crippen LogP contribution in [0.25, 0.3) is 10.9 Å². The van der Waals surface area contributed by atoms with E-state index < -0.39 is 5.54 Å². The number of nitrogens with zero attached hydrogens (tertiary/aromatic N) is 2. The van der Waals surface area contributed by atoms with Gasteiger partial charge in [0.15, 0.2) is 0 Å². The second kappa shape index (κ2) is 9.08. The quantitative estimate of drug-likeness (QED) is 0.668. The van der Waals surface area contributed by atoms with Crippen molar-refractivity contribution in [1.29, 1.82) is 0 Å². The van der Waals surface area contributed by atoms with Gasteiger partial charge in [0, 0.05) is 24.9 Å². The normalized spacial score (nSPS) is 20.7. The number of hydrogen-bond donors (Lipinski definition) is 2. The number of nitrogens with one attached hydrogen (secondary N) is 2. The molecule has 1 aliphatic heterocycles. The molecular formula is C25H34N4O4. The molecule has 1 unspecified atom stereocenters. The number of methoxy groups -OCH3 is 1. The Bertz CT molecular complexity index is 1090. The molecule has 0 radical (unpaired) electrons. The fourth-order valence-electron chi connectivity index (χ4n) is 5.17. The second-order valence-electron chi connectivity index (χ2n) is 9.41. The molecule has 2 aliphatic rings. The molecular weight excluding hydrogens is 420 g/mol. The number of aromatic nitrogens is 1. The highest BCUT2D eigenvalue weighted by molar-refractivity contribution is 6.14. The number of rotatable bonds is 7. The highest BCUT2D eigenvalue weighted by Crippen LogP contribution is 2.40. The first kappa shape index (κ1) is 23.1. The van der Waals surface area contributed by atoms with Crippen LogP contribution in [-0.2, 0) is 16.1 Å². The van der Waals surface area contributed by atoms with Crippen molar-refractivity contribution in [2.75, 3.05) is 19.0 Å². The number of carbonyl (C=O) groups is 3. The summed E-state index contributed by atoms with van der Waals surface area (Å²) in [5.41, 5.74) is 0.649. The Balaban J connectivity index is 1.85. The third-order valence-electron chi connectivity index (χ3n) is 7.00. The van der Waals surface area contributed by atoms with Crippen LogP contribution in [0.1, 0.15) is 69.8 Å². The van der Waals surface area contributed by atoms with Crippen molar-refractivity contribution in [1.82, 2.24) is 14.8 Å². The monoisotopic (exact) mass is 454 g/mol. The molecule has 1 aromatic heterocycles. The van der Waals surface area contributed by atoms with Crippen molar-refractivity contribution >= 4 is 34.3 Å². The Kier molecular flexibility index (Phi) is 6.36. The van der Waals surface area contributed by atoms with Crippen LogP contribution in [0.2, 0.25) is 0 Å². The van der Waals surface area contributed by atoms with E-state index in [1.165, 1.54) is 6.92 Å². The first-order valence-corrected chi connectivity index (χ1v) is 11.9. The van der Waals surface area contributed by atoms with Crippen LogP contribution < -0.4 is 15.4 Å². The Morgan fingerprint density at radius 2 is 1.97 bits per heavy atom. The zero-order valence-corrected chi connectivity index (χ0v) is 20.0. The molecule has 1 saturated carbocycles. The first-order chi connectivity index (χ1) is 15.8. The Morgan fingerprint density at radius 1 is 1.24 bits per heavy atom. The maximum absolute atomic E-state index is 13.9. The van der Waals surface area contributed by atoms with Gasteiger partial charge in [0.2, 0.25) is 11.8 Å². The zero-order valence-electron chi connectivity index (χ0n) is 20.0. The lowest BCUT2D eigenvalue weighted by Crippen LogP contribution is -2.65. The van der Waals surface area contributed by atoms with Gasteiger partial charge in [-0.05, 0) is 44.4 Å². The molecule has 0 bridgehead atoms. The van der Waals surface area contributed by atoms with Crippen LogP contribution in [-0.4, -0.2) is 52.4 Å². The highest BCUT2D eigenvalue weighted by Gasteiger charge is 2.49. The van der Waals surface area contributed by atoms with E-state index in [1.807, 2.05) is 29.7 Å². The first-order valence-electron chi connectivity index (χ1n) is 11.9. The van der Waals surface area contributed by atoms with E-state index in [1.54, 1.807) is 12.0 Å². The van der Waals surface area contributed by atoms with E-state index in [2.05, 4.69) is 17.6 Å². The van der Waals surface area contributed by atoms with Gasteiger partial charge in [-0.2, -0.15) is 0 Å². The number of carbonyl (C=O) groups excluding carboxylic acids is 3. The largest absolute Gasteiger partial charge is 0.497 e. The van der Waals surface area contributed by atoms with Gasteiger partial charge < -0.3 is 24.8 Å². The average molecular weight is 455 g/mol. The van der Waals surface area contributed by atoms with E-state index >= 15 is 0 Å². The van der Waals surface area contributed by atoms with Crippen molar-refractivity contribution in [2.45, 2.75) is 77.4 Å². The minimum absolute atomic E-state index is 0.110. The van der Waals surface area contributed by atoms with Gasteiger partial charge in [-0.1, -0.05) is 26.2 Å². The predicted molar refractivity (Wildman–Crippen MR) is 128 cm³/mol. The lowest BCUT2D eigenvalue weighted by atomic mass is 9.93. The SMILES string of the molecule is CCCCN1C(=O)c2c(NC(C)=O)c3cc(OC)ccc3n2CC1(C)C(=O)NC1CCCC1. The molecule has 0 spiro atoms. The molecule has 1 atom stereocenters. The summed E-state index contributed by atoms with van der Waals surface area (Å²) < 4.78 is 7.28. The van der Waals surface area contributed by atoms with Crippen molar-refractivity contribution in [2.24, 2.45) is 0 Å². The summed E-state index contributed by atoms with van der Waals surface area (Å²) >= 11 is 0. The molecule has 1 fully saturated rings. The number of anilines is 1. The summed E-state index contributed by atoms with van der Waals surface area (Å²) in [6.45, 7) is 6.15. The Morgan fingerprint density at radius 3 is 2.61 bits per heavy atom. The van der Waals surface area contributed by atoms with Gasteiger partial charge >= 0.3 is 0 Å². The highest BCUT2D eigenvalue weighted by atomic mass is 16.5. The molecule has 0 saturated heterocycles. The van der Waals surface area contributed by atoms with Crippen LogP contribution in [0.15, 0.2) is 18.2 Å². The molecule has 8 heteroatoms. The van der Waals surface area contributed by atoms with Crippen molar-refractivity contribution in [3.05, 3.63) is 23.9 Å². The van der Waals surface area contributed by atoms with Gasteiger partial charge in [0.1, 0.15) is 17.0 Å². The van der Waals surface area contributed by atoms with E-state index in [9.17, 15) is 14.4 Å². The fourth-order valence-corrected chi connectivity index (χ4v) is 5.17. The number of hydrogen-bond acceptors (Lipinski definition) is 4. The molecule has 33 heavy (non-hydrogen) atoms. The number of ether oxygens (including phenoxy) is 1. The number of amides is 3. The van der Waals surface area contributed by atoms with E-state index in [0.717, 1.165) is 49.4 Å². The molecule has 178 valence electrons. The number of fused-ring (bicyclic) bond motifs is 3. The Labute approximate surface area is 194 Å². The molecule has 2 heterocycles. The average Bonchev–Trinajstić information content (AvgIpc) is 3.39. The smallest absolute Gasteiger partial charge is 0.273 e.